The fraction of sp³-hybridized carbons (Fsp3) is 0.130. The van der Waals surface area contributed by atoms with Crippen molar-refractivity contribution < 1.29 is 14.7 Å². The molecule has 0 aliphatic carbocycles. The molecular weight excluding hydrogens is 473 g/mol. The predicted molar refractivity (Wildman–Crippen MR) is 128 cm³/mol. The summed E-state index contributed by atoms with van der Waals surface area (Å²) in [6.45, 7) is -0.355. The van der Waals surface area contributed by atoms with Gasteiger partial charge in [-0.05, 0) is 48.0 Å². The van der Waals surface area contributed by atoms with E-state index in [0.717, 1.165) is 5.56 Å². The Labute approximate surface area is 200 Å². The van der Waals surface area contributed by atoms with Crippen LogP contribution in [0.25, 0.3) is 11.8 Å². The normalized spacial score (nSPS) is 12.2. The van der Waals surface area contributed by atoms with Crippen LogP contribution in [0.3, 0.4) is 0 Å². The van der Waals surface area contributed by atoms with E-state index in [1.807, 2.05) is 0 Å². The Morgan fingerprint density at radius 3 is 2.41 bits per heavy atom. The third kappa shape index (κ3) is 4.90. The number of carbonyl (C=O) groups excluding carboxylic acids is 2. The molecule has 0 bridgehead atoms. The Hall–Kier alpha value is -2.61. The van der Waals surface area contributed by atoms with Gasteiger partial charge in [0.2, 0.25) is 0 Å². The highest BCUT2D eigenvalue weighted by Crippen LogP contribution is 2.35. The number of aliphatic hydroxyl groups is 1. The van der Waals surface area contributed by atoms with Crippen LogP contribution in [0.5, 0.6) is 0 Å². The SMILES string of the molecule is CNC(=O)c1ccc(/C=C/C(=O)C(N)c2ccc(Cl)n2-c2ccc(Cl)c(CO)c2Cl)cc1. The Kier molecular flexibility index (Phi) is 7.77. The van der Waals surface area contributed by atoms with Crippen molar-refractivity contribution >= 4 is 52.6 Å². The van der Waals surface area contributed by atoms with Gasteiger partial charge < -0.3 is 20.7 Å². The third-order valence-corrected chi connectivity index (χ3v) is 5.96. The first-order valence-electron chi connectivity index (χ1n) is 9.53. The molecule has 0 aliphatic rings. The van der Waals surface area contributed by atoms with Crippen LogP contribution in [0.15, 0.2) is 54.6 Å². The van der Waals surface area contributed by atoms with Crippen LogP contribution in [-0.2, 0) is 11.4 Å². The molecule has 2 aromatic carbocycles. The number of hydrogen-bond acceptors (Lipinski definition) is 4. The number of nitrogens with zero attached hydrogens (tertiary/aromatic N) is 1. The van der Waals surface area contributed by atoms with E-state index in [2.05, 4.69) is 5.32 Å². The minimum absolute atomic E-state index is 0.193. The van der Waals surface area contributed by atoms with Gasteiger partial charge in [0.15, 0.2) is 5.78 Å². The van der Waals surface area contributed by atoms with Crippen molar-refractivity contribution in [2.45, 2.75) is 12.6 Å². The number of nitrogens with one attached hydrogen (secondary N) is 1. The molecule has 0 saturated heterocycles. The highest BCUT2D eigenvalue weighted by atomic mass is 35.5. The van der Waals surface area contributed by atoms with E-state index in [1.165, 1.54) is 6.08 Å². The fourth-order valence-electron chi connectivity index (χ4n) is 3.14. The van der Waals surface area contributed by atoms with Gasteiger partial charge >= 0.3 is 0 Å². The molecule has 9 heteroatoms. The zero-order valence-corrected chi connectivity index (χ0v) is 19.2. The zero-order chi connectivity index (χ0) is 23.4. The smallest absolute Gasteiger partial charge is 0.251 e. The van der Waals surface area contributed by atoms with Crippen LogP contribution in [0.4, 0.5) is 0 Å². The molecule has 1 heterocycles. The van der Waals surface area contributed by atoms with Gasteiger partial charge in [0, 0.05) is 28.9 Å². The molecule has 1 atom stereocenters. The second-order valence-electron chi connectivity index (χ2n) is 6.85. The molecule has 0 saturated carbocycles. The molecule has 0 spiro atoms. The summed E-state index contributed by atoms with van der Waals surface area (Å²) in [7, 11) is 1.56. The number of rotatable bonds is 7. The molecule has 1 aromatic heterocycles. The Bertz CT molecular complexity index is 1190. The second-order valence-corrected chi connectivity index (χ2v) is 8.02. The van der Waals surface area contributed by atoms with E-state index in [9.17, 15) is 14.7 Å². The highest BCUT2D eigenvalue weighted by Gasteiger charge is 2.22. The summed E-state index contributed by atoms with van der Waals surface area (Å²) in [6.07, 6.45) is 2.98. The first-order chi connectivity index (χ1) is 15.3. The lowest BCUT2D eigenvalue weighted by Crippen LogP contribution is -2.22. The van der Waals surface area contributed by atoms with Crippen molar-refractivity contribution in [3.05, 3.63) is 92.2 Å². The summed E-state index contributed by atoms with van der Waals surface area (Å²) in [6, 6.07) is 12.2. The van der Waals surface area contributed by atoms with E-state index < -0.39 is 6.04 Å². The van der Waals surface area contributed by atoms with E-state index in [0.29, 0.717) is 32.7 Å². The maximum Gasteiger partial charge on any atom is 0.251 e. The van der Waals surface area contributed by atoms with Gasteiger partial charge in [-0.25, -0.2) is 0 Å². The van der Waals surface area contributed by atoms with Crippen LogP contribution < -0.4 is 11.1 Å². The number of aromatic nitrogens is 1. The third-order valence-electron chi connectivity index (χ3n) is 4.89. The van der Waals surface area contributed by atoms with Gasteiger partial charge in [0.25, 0.3) is 5.91 Å². The summed E-state index contributed by atoms with van der Waals surface area (Å²) in [5.74, 6) is -0.551. The number of benzene rings is 2. The largest absolute Gasteiger partial charge is 0.392 e. The average molecular weight is 493 g/mol. The molecule has 0 aliphatic heterocycles. The number of aliphatic hydroxyl groups excluding tert-OH is 1. The molecule has 32 heavy (non-hydrogen) atoms. The van der Waals surface area contributed by atoms with Crippen LogP contribution >= 0.6 is 34.8 Å². The molecule has 166 valence electrons. The topological polar surface area (TPSA) is 97.4 Å². The lowest BCUT2D eigenvalue weighted by molar-refractivity contribution is -0.115. The second kappa shape index (κ2) is 10.3. The molecular formula is C23H20Cl3N3O3. The minimum atomic E-state index is -1.02. The van der Waals surface area contributed by atoms with Gasteiger partial charge in [-0.15, -0.1) is 0 Å². The summed E-state index contributed by atoms with van der Waals surface area (Å²) in [5.41, 5.74) is 8.71. The van der Waals surface area contributed by atoms with Crippen LogP contribution in [0.1, 0.15) is 33.2 Å². The first kappa shape index (κ1) is 24.0. The van der Waals surface area contributed by atoms with E-state index in [4.69, 9.17) is 40.5 Å². The fourth-order valence-corrected chi connectivity index (χ4v) is 3.97. The maximum atomic E-state index is 12.8. The summed E-state index contributed by atoms with van der Waals surface area (Å²) in [4.78, 5) is 24.4. The van der Waals surface area contributed by atoms with E-state index in [1.54, 1.807) is 66.2 Å². The quantitative estimate of drug-likeness (QED) is 0.421. The van der Waals surface area contributed by atoms with E-state index in [-0.39, 0.29) is 23.3 Å². The van der Waals surface area contributed by atoms with Crippen LogP contribution in [0.2, 0.25) is 15.2 Å². The van der Waals surface area contributed by atoms with Crippen molar-refractivity contribution in [1.29, 1.82) is 0 Å². The number of hydrogen-bond donors (Lipinski definition) is 3. The zero-order valence-electron chi connectivity index (χ0n) is 17.0. The van der Waals surface area contributed by atoms with Crippen LogP contribution in [0, 0.1) is 0 Å². The number of carbonyl (C=O) groups is 2. The first-order valence-corrected chi connectivity index (χ1v) is 10.7. The molecule has 1 unspecified atom stereocenters. The monoisotopic (exact) mass is 491 g/mol. The molecule has 4 N–H and O–H groups in total. The highest BCUT2D eigenvalue weighted by molar-refractivity contribution is 6.37. The Morgan fingerprint density at radius 1 is 1.09 bits per heavy atom. The number of ketones is 1. The van der Waals surface area contributed by atoms with Crippen molar-refractivity contribution in [1.82, 2.24) is 9.88 Å². The predicted octanol–water partition coefficient (Wildman–Crippen LogP) is 4.57. The van der Waals surface area contributed by atoms with Crippen molar-refractivity contribution in [2.24, 2.45) is 5.73 Å². The maximum absolute atomic E-state index is 12.8. The van der Waals surface area contributed by atoms with Crippen molar-refractivity contribution in [2.75, 3.05) is 7.05 Å². The number of nitrogens with two attached hydrogens (primary N) is 1. The Morgan fingerprint density at radius 2 is 1.78 bits per heavy atom. The van der Waals surface area contributed by atoms with Gasteiger partial charge in [-0.3, -0.25) is 9.59 Å². The average Bonchev–Trinajstić information content (AvgIpc) is 3.18. The van der Waals surface area contributed by atoms with Gasteiger partial charge in [-0.2, -0.15) is 0 Å². The van der Waals surface area contributed by atoms with Gasteiger partial charge in [-0.1, -0.05) is 53.0 Å². The molecule has 3 rings (SSSR count). The minimum Gasteiger partial charge on any atom is -0.392 e. The summed E-state index contributed by atoms with van der Waals surface area (Å²) in [5, 5.41) is 12.9. The molecule has 6 nitrogen and oxygen atoms in total. The lowest BCUT2D eigenvalue weighted by Gasteiger charge is -2.17. The summed E-state index contributed by atoms with van der Waals surface area (Å²) >= 11 is 18.9. The Balaban J connectivity index is 1.88. The summed E-state index contributed by atoms with van der Waals surface area (Å²) < 4.78 is 1.55. The number of amides is 1. The van der Waals surface area contributed by atoms with Crippen LogP contribution in [-0.4, -0.2) is 28.4 Å². The molecule has 0 radical (unpaired) electrons. The molecule has 1 amide bonds. The molecule has 0 fully saturated rings. The van der Waals surface area contributed by atoms with Crippen molar-refractivity contribution in [3.8, 4) is 5.69 Å². The lowest BCUT2D eigenvalue weighted by atomic mass is 10.1. The molecule has 3 aromatic rings. The van der Waals surface area contributed by atoms with Crippen molar-refractivity contribution in [3.63, 3.8) is 0 Å². The standard InChI is InChI=1S/C23H20Cl3N3O3/c1-28-23(32)14-5-2-13(3-6-14)4-10-19(31)22(27)18-9-11-20(25)29(18)17-8-7-16(24)15(12-30)21(17)26/h2-11,22,30H,12,27H2,1H3,(H,28,32)/b10-4+. The van der Waals surface area contributed by atoms with Gasteiger partial charge in [0.1, 0.15) is 11.2 Å². The number of halogens is 3. The van der Waals surface area contributed by atoms with E-state index >= 15 is 0 Å². The van der Waals surface area contributed by atoms with Gasteiger partial charge in [0.05, 0.1) is 17.3 Å².